The lowest BCUT2D eigenvalue weighted by Crippen LogP contribution is -2.07. The van der Waals surface area contributed by atoms with E-state index in [1.807, 2.05) is 0 Å². The van der Waals surface area contributed by atoms with E-state index in [-0.39, 0.29) is 10.8 Å². The molecule has 2 rings (SSSR count). The van der Waals surface area contributed by atoms with Gasteiger partial charge in [-0.15, -0.1) is 0 Å². The van der Waals surface area contributed by atoms with Crippen LogP contribution in [0.4, 0.5) is 18.3 Å². The van der Waals surface area contributed by atoms with Crippen LogP contribution in [0.1, 0.15) is 5.56 Å². The van der Waals surface area contributed by atoms with Crippen molar-refractivity contribution >= 4 is 16.5 Å². The second kappa shape index (κ2) is 3.75. The highest BCUT2D eigenvalue weighted by Gasteiger charge is 2.34. The van der Waals surface area contributed by atoms with Crippen LogP contribution in [0, 0.1) is 0 Å². The molecule has 0 spiro atoms. The summed E-state index contributed by atoms with van der Waals surface area (Å²) in [6.45, 7) is 0. The summed E-state index contributed by atoms with van der Waals surface area (Å²) >= 11 is 0.975. The van der Waals surface area contributed by atoms with E-state index in [1.165, 1.54) is 18.5 Å². The van der Waals surface area contributed by atoms with E-state index in [4.69, 9.17) is 5.73 Å². The summed E-state index contributed by atoms with van der Waals surface area (Å²) in [6.07, 6.45) is -1.83. The van der Waals surface area contributed by atoms with Crippen LogP contribution in [0.2, 0.25) is 0 Å². The molecular weight excluding hydrogens is 239 g/mol. The molecule has 0 aliphatic heterocycles. The summed E-state index contributed by atoms with van der Waals surface area (Å²) in [5.74, 6) is 0. The second-order valence-electron chi connectivity index (χ2n) is 2.96. The molecule has 2 aromatic heterocycles. The number of alkyl halides is 3. The van der Waals surface area contributed by atoms with Crippen molar-refractivity contribution in [1.82, 2.24) is 9.97 Å². The summed E-state index contributed by atoms with van der Waals surface area (Å²) in [7, 11) is 0. The van der Waals surface area contributed by atoms with Crippen LogP contribution < -0.4 is 5.73 Å². The molecule has 2 heterocycles. The Morgan fingerprint density at radius 1 is 1.25 bits per heavy atom. The predicted octanol–water partition coefficient (Wildman–Crippen LogP) is 2.81. The summed E-state index contributed by atoms with van der Waals surface area (Å²) in [5, 5.41) is 0.216. The number of aromatic nitrogens is 2. The van der Waals surface area contributed by atoms with E-state index in [9.17, 15) is 13.2 Å². The second-order valence-corrected chi connectivity index (χ2v) is 4.02. The number of nitrogens with two attached hydrogens (primary N) is 1. The molecule has 0 aromatic carbocycles. The molecule has 0 aliphatic rings. The van der Waals surface area contributed by atoms with Crippen molar-refractivity contribution in [2.24, 2.45) is 0 Å². The Morgan fingerprint density at radius 2 is 2.00 bits per heavy atom. The van der Waals surface area contributed by atoms with Crippen LogP contribution >= 0.6 is 11.3 Å². The van der Waals surface area contributed by atoms with Crippen molar-refractivity contribution in [2.45, 2.75) is 6.18 Å². The first-order valence-electron chi connectivity index (χ1n) is 4.22. The number of pyridine rings is 1. The van der Waals surface area contributed by atoms with Crippen LogP contribution in [-0.4, -0.2) is 9.97 Å². The summed E-state index contributed by atoms with van der Waals surface area (Å²) in [5.41, 5.74) is 4.46. The van der Waals surface area contributed by atoms with E-state index < -0.39 is 11.7 Å². The first-order chi connectivity index (χ1) is 7.48. The van der Waals surface area contributed by atoms with Gasteiger partial charge in [-0.25, -0.2) is 4.98 Å². The molecule has 3 nitrogen and oxygen atoms in total. The van der Waals surface area contributed by atoms with E-state index in [0.29, 0.717) is 4.88 Å². The largest absolute Gasteiger partial charge is 0.418 e. The fourth-order valence-electron chi connectivity index (χ4n) is 1.23. The zero-order chi connectivity index (χ0) is 11.8. The zero-order valence-electron chi connectivity index (χ0n) is 7.82. The highest BCUT2D eigenvalue weighted by molar-refractivity contribution is 7.18. The van der Waals surface area contributed by atoms with Gasteiger partial charge in [0.1, 0.15) is 0 Å². The van der Waals surface area contributed by atoms with Crippen molar-refractivity contribution < 1.29 is 13.2 Å². The van der Waals surface area contributed by atoms with Crippen LogP contribution in [-0.2, 0) is 6.18 Å². The maximum atomic E-state index is 12.7. The lowest BCUT2D eigenvalue weighted by atomic mass is 10.1. The Hall–Kier alpha value is -1.63. The molecule has 0 saturated heterocycles. The Morgan fingerprint density at radius 3 is 2.56 bits per heavy atom. The Labute approximate surface area is 92.8 Å². The molecule has 0 fully saturated rings. The SMILES string of the molecule is Nc1ncc(-c2ncccc2C(F)(F)F)s1. The number of halogens is 3. The number of anilines is 1. The minimum absolute atomic E-state index is 0.135. The number of nitrogens with zero attached hydrogens (tertiary/aromatic N) is 2. The van der Waals surface area contributed by atoms with Crippen molar-refractivity contribution in [3.63, 3.8) is 0 Å². The maximum Gasteiger partial charge on any atom is 0.418 e. The van der Waals surface area contributed by atoms with Crippen molar-refractivity contribution in [3.05, 3.63) is 30.1 Å². The Balaban J connectivity index is 2.57. The zero-order valence-corrected chi connectivity index (χ0v) is 8.64. The van der Waals surface area contributed by atoms with Gasteiger partial charge in [0.05, 0.1) is 16.1 Å². The van der Waals surface area contributed by atoms with Crippen molar-refractivity contribution in [3.8, 4) is 10.6 Å². The minimum atomic E-state index is -4.43. The topological polar surface area (TPSA) is 51.8 Å². The molecule has 2 aromatic rings. The predicted molar refractivity (Wildman–Crippen MR) is 54.8 cm³/mol. The standard InChI is InChI=1S/C9H6F3N3S/c10-9(11,12)5-2-1-3-14-7(5)6-4-15-8(13)16-6/h1-4H,(H2,13,15). The summed E-state index contributed by atoms with van der Waals surface area (Å²) in [4.78, 5) is 7.74. The number of rotatable bonds is 1. The third-order valence-electron chi connectivity index (χ3n) is 1.87. The normalized spacial score (nSPS) is 11.7. The third kappa shape index (κ3) is 1.99. The highest BCUT2D eigenvalue weighted by Crippen LogP contribution is 2.37. The van der Waals surface area contributed by atoms with Crippen molar-refractivity contribution in [1.29, 1.82) is 0 Å². The van der Waals surface area contributed by atoms with Gasteiger partial charge in [-0.1, -0.05) is 11.3 Å². The van der Waals surface area contributed by atoms with Gasteiger partial charge in [0.15, 0.2) is 5.13 Å². The quantitative estimate of drug-likeness (QED) is 0.840. The molecule has 0 amide bonds. The molecule has 7 heteroatoms. The fourth-order valence-corrected chi connectivity index (χ4v) is 1.92. The fraction of sp³-hybridized carbons (Fsp3) is 0.111. The van der Waals surface area contributed by atoms with E-state index in [1.54, 1.807) is 0 Å². The summed E-state index contributed by atoms with van der Waals surface area (Å²) < 4.78 is 38.0. The molecule has 0 radical (unpaired) electrons. The molecule has 16 heavy (non-hydrogen) atoms. The molecule has 0 unspecified atom stereocenters. The maximum absolute atomic E-state index is 12.7. The number of hydrogen-bond acceptors (Lipinski definition) is 4. The Kier molecular flexibility index (Phi) is 2.55. The van der Waals surface area contributed by atoms with Gasteiger partial charge < -0.3 is 5.73 Å². The first kappa shape index (κ1) is 10.9. The molecule has 84 valence electrons. The van der Waals surface area contributed by atoms with Gasteiger partial charge in [0.2, 0.25) is 0 Å². The number of thiazole rings is 1. The van der Waals surface area contributed by atoms with Gasteiger partial charge in [0.25, 0.3) is 0 Å². The molecule has 0 aliphatic carbocycles. The van der Waals surface area contributed by atoms with Gasteiger partial charge in [-0.3, -0.25) is 4.98 Å². The average Bonchev–Trinajstić information content (AvgIpc) is 2.64. The molecular formula is C9H6F3N3S. The lowest BCUT2D eigenvalue weighted by Gasteiger charge is -2.09. The Bertz CT molecular complexity index is 507. The van der Waals surface area contributed by atoms with Crippen LogP contribution in [0.25, 0.3) is 10.6 Å². The average molecular weight is 245 g/mol. The van der Waals surface area contributed by atoms with E-state index in [2.05, 4.69) is 9.97 Å². The van der Waals surface area contributed by atoms with E-state index >= 15 is 0 Å². The lowest BCUT2D eigenvalue weighted by molar-refractivity contribution is -0.137. The van der Waals surface area contributed by atoms with Gasteiger partial charge in [-0.05, 0) is 12.1 Å². The molecule has 2 N–H and O–H groups in total. The van der Waals surface area contributed by atoms with Gasteiger partial charge in [-0.2, -0.15) is 13.2 Å². The van der Waals surface area contributed by atoms with Gasteiger partial charge in [0, 0.05) is 12.4 Å². The van der Waals surface area contributed by atoms with Crippen LogP contribution in [0.15, 0.2) is 24.5 Å². The summed E-state index contributed by atoms with van der Waals surface area (Å²) in [6, 6.07) is 2.23. The van der Waals surface area contributed by atoms with Gasteiger partial charge >= 0.3 is 6.18 Å². The third-order valence-corrected chi connectivity index (χ3v) is 2.70. The molecule has 0 bridgehead atoms. The van der Waals surface area contributed by atoms with E-state index in [0.717, 1.165) is 17.4 Å². The monoisotopic (exact) mass is 245 g/mol. The van der Waals surface area contributed by atoms with Crippen LogP contribution in [0.5, 0.6) is 0 Å². The minimum Gasteiger partial charge on any atom is -0.375 e. The van der Waals surface area contributed by atoms with Crippen molar-refractivity contribution in [2.75, 3.05) is 5.73 Å². The first-order valence-corrected chi connectivity index (χ1v) is 5.04. The number of nitrogen functional groups attached to an aromatic ring is 1. The molecule has 0 saturated carbocycles. The number of hydrogen-bond donors (Lipinski definition) is 1. The highest BCUT2D eigenvalue weighted by atomic mass is 32.1. The van der Waals surface area contributed by atoms with Crippen LogP contribution in [0.3, 0.4) is 0 Å². The molecule has 0 atom stereocenters. The smallest absolute Gasteiger partial charge is 0.375 e.